The van der Waals surface area contributed by atoms with Crippen LogP contribution in [0.2, 0.25) is 0 Å². The molecule has 5 aromatic carbocycles. The van der Waals surface area contributed by atoms with E-state index in [0.29, 0.717) is 39.5 Å². The first-order chi connectivity index (χ1) is 41.2. The highest BCUT2D eigenvalue weighted by Crippen LogP contribution is 2.40. The summed E-state index contributed by atoms with van der Waals surface area (Å²) in [6, 6.07) is 19.0. The van der Waals surface area contributed by atoms with Crippen molar-refractivity contribution in [3.63, 3.8) is 0 Å². The Balaban J connectivity index is 0.000000172. The molecule has 0 unspecified atom stereocenters. The molecule has 0 atom stereocenters. The van der Waals surface area contributed by atoms with Gasteiger partial charge in [0, 0.05) is 104 Å². The summed E-state index contributed by atoms with van der Waals surface area (Å²) in [5, 5.41) is 32.6. The fraction of sp³-hybridized carbons (Fsp3) is 0.412. The number of H-pyrrole nitrogens is 2. The van der Waals surface area contributed by atoms with Crippen molar-refractivity contribution in [3.8, 4) is 28.7 Å². The lowest BCUT2D eigenvalue weighted by atomic mass is 10.1. The molecule has 0 radical (unpaired) electrons. The molecule has 18 heteroatoms. The predicted molar refractivity (Wildman–Crippen MR) is 358 cm³/mol. The predicted octanol–water partition coefficient (Wildman–Crippen LogP) is 12.5. The summed E-state index contributed by atoms with van der Waals surface area (Å²) in [6.07, 6.45) is 2.88. The van der Waals surface area contributed by atoms with E-state index in [9.17, 15) is 10.2 Å². The molecule has 0 fully saturated rings. The Labute approximate surface area is 507 Å². The van der Waals surface area contributed by atoms with E-state index in [1.807, 2.05) is 109 Å². The number of ether oxygens (including phenoxy) is 5. The number of nitrogens with zero attached hydrogens (tertiary/aromatic N) is 3. The number of aromatic nitrogens is 5. The minimum absolute atomic E-state index is 0.00451. The Morgan fingerprint density at radius 3 is 1.23 bits per heavy atom. The van der Waals surface area contributed by atoms with E-state index in [2.05, 4.69) is 79.2 Å². The van der Waals surface area contributed by atoms with Gasteiger partial charge in [0.2, 0.25) is 0 Å². The summed E-state index contributed by atoms with van der Waals surface area (Å²) in [5.74, 6) is 4.19. The number of nitrogens with two attached hydrogens (primary N) is 5. The second-order valence-electron chi connectivity index (χ2n) is 21.1. The van der Waals surface area contributed by atoms with Crippen molar-refractivity contribution in [2.75, 3.05) is 81.5 Å². The van der Waals surface area contributed by atoms with E-state index < -0.39 is 0 Å². The maximum atomic E-state index is 9.28. The number of hydrogen-bond acceptors (Lipinski definition) is 13. The average Bonchev–Trinajstić information content (AvgIpc) is 4.37. The first-order valence-corrected chi connectivity index (χ1v) is 30.1. The molecule has 0 aliphatic rings. The second kappa shape index (κ2) is 30.2. The molecule has 0 aliphatic heterocycles. The molecule has 466 valence electrons. The van der Waals surface area contributed by atoms with Gasteiger partial charge in [-0.1, -0.05) is 20.8 Å². The Bertz CT molecular complexity index is 3920. The zero-order valence-corrected chi connectivity index (χ0v) is 53.6. The van der Waals surface area contributed by atoms with Crippen LogP contribution >= 0.6 is 0 Å². The van der Waals surface area contributed by atoms with Gasteiger partial charge in [0.05, 0.1) is 73.8 Å². The number of benzene rings is 5. The molecular formula is C68H96N10O8. The molecule has 10 aromatic rings. The first-order valence-electron chi connectivity index (χ1n) is 30.1. The van der Waals surface area contributed by atoms with E-state index in [1.165, 1.54) is 28.1 Å². The van der Waals surface area contributed by atoms with Crippen LogP contribution in [0.4, 0.5) is 28.4 Å². The van der Waals surface area contributed by atoms with Crippen molar-refractivity contribution in [2.24, 2.45) is 7.05 Å². The highest BCUT2D eigenvalue weighted by atomic mass is 16.5. The topological polar surface area (TPSA) is 283 Å². The number of fused-ring (bicyclic) bond motifs is 5. The van der Waals surface area contributed by atoms with E-state index in [-0.39, 0.29) is 26.4 Å². The minimum Gasteiger partial charge on any atom is -0.492 e. The number of nitrogens with one attached hydrogen (secondary N) is 2. The smallest absolute Gasteiger partial charge is 0.143 e. The summed E-state index contributed by atoms with van der Waals surface area (Å²) >= 11 is 0. The molecule has 0 saturated carbocycles. The van der Waals surface area contributed by atoms with Gasteiger partial charge < -0.3 is 91.3 Å². The normalized spacial score (nSPS) is 11.0. The van der Waals surface area contributed by atoms with Gasteiger partial charge in [0.1, 0.15) is 35.4 Å². The monoisotopic (exact) mass is 1180 g/mol. The molecule has 15 N–H and O–H groups in total. The van der Waals surface area contributed by atoms with Crippen LogP contribution in [0.1, 0.15) is 105 Å². The lowest BCUT2D eigenvalue weighted by Crippen LogP contribution is -2.05. The fourth-order valence-electron chi connectivity index (χ4n) is 11.8. The average molecular weight is 1180 g/mol. The summed E-state index contributed by atoms with van der Waals surface area (Å²) < 4.78 is 34.5. The van der Waals surface area contributed by atoms with E-state index >= 15 is 0 Å². The molecular weight excluding hydrogens is 1080 g/mol. The van der Waals surface area contributed by atoms with Crippen LogP contribution in [0.25, 0.3) is 54.5 Å². The standard InChI is InChI=1S/C15H22N2O2.C14H20N2O2.C14H20N2O.C13H18N2O.C12H16N2O2/c1-4-11-10(3)17(8-9-18)15-13(19-5-2)7-6-12(16)14(11)15;1-4-18-12-6-5-11(15)13-9(2)10(3)16(7-8-17)14(12)13;1-5-10-9(3)16(4)14-12(17-6-2)8-7-11(15)13(10)14;1-4-9-8(3)15-13-11(16-5-2)7-6-10(14)12(9)13;1-7-8(2)14-12-10(16-6-5-15)4-3-9(13)11(7)12/h6-7,18H,4-5,8-9,16H2,1-3H3;5-6,17H,4,7-8,15H2,1-3H3;7-8H,5-6,15H2,1-4H3;6-7,15H,4-5,14H2,1-3H3;3-4,14-15H,5-6,13H2,1-2H3. The maximum Gasteiger partial charge on any atom is 0.143 e. The van der Waals surface area contributed by atoms with Crippen LogP contribution in [-0.4, -0.2) is 91.8 Å². The van der Waals surface area contributed by atoms with Crippen molar-refractivity contribution >= 4 is 83.0 Å². The molecule has 0 spiro atoms. The van der Waals surface area contributed by atoms with Crippen molar-refractivity contribution in [1.82, 2.24) is 23.7 Å². The Morgan fingerprint density at radius 2 is 0.756 bits per heavy atom. The van der Waals surface area contributed by atoms with Crippen LogP contribution in [-0.2, 0) is 39.4 Å². The third kappa shape index (κ3) is 13.5. The lowest BCUT2D eigenvalue weighted by Gasteiger charge is -2.11. The highest BCUT2D eigenvalue weighted by molar-refractivity contribution is 6.02. The number of aromatic amines is 2. The number of aliphatic hydroxyl groups is 3. The molecule has 0 bridgehead atoms. The molecule has 5 heterocycles. The SMILES string of the molecule is CCOc1ccc(N)c2c(C)c(C)n(CCO)c12.CCOc1ccc(N)c2c(CC)c(C)[nH]c12.CCOc1ccc(N)c2c(CC)c(C)n(C)c12.CCOc1ccc(N)c2c(CC)c(C)n(CCO)c12.Cc1[nH]c2c(OCCO)ccc(N)c2c1C. The van der Waals surface area contributed by atoms with Crippen LogP contribution < -0.4 is 52.4 Å². The Morgan fingerprint density at radius 1 is 0.384 bits per heavy atom. The summed E-state index contributed by atoms with van der Waals surface area (Å²) in [6.45, 7) is 32.9. The van der Waals surface area contributed by atoms with E-state index in [1.54, 1.807) is 0 Å². The van der Waals surface area contributed by atoms with E-state index in [0.717, 1.165) is 159 Å². The molecule has 0 aliphatic carbocycles. The van der Waals surface area contributed by atoms with Gasteiger partial charge in [-0.15, -0.1) is 0 Å². The maximum absolute atomic E-state index is 9.28. The van der Waals surface area contributed by atoms with Gasteiger partial charge in [-0.2, -0.15) is 0 Å². The number of anilines is 5. The fourth-order valence-corrected chi connectivity index (χ4v) is 11.8. The van der Waals surface area contributed by atoms with Gasteiger partial charge in [-0.25, -0.2) is 0 Å². The van der Waals surface area contributed by atoms with Crippen molar-refractivity contribution < 1.29 is 39.0 Å². The number of hydrogen-bond donors (Lipinski definition) is 10. The quantitative estimate of drug-likeness (QED) is 0.0358. The molecule has 0 amide bonds. The second-order valence-corrected chi connectivity index (χ2v) is 21.1. The van der Waals surface area contributed by atoms with E-state index in [4.69, 9.17) is 57.5 Å². The zero-order valence-electron chi connectivity index (χ0n) is 53.6. The lowest BCUT2D eigenvalue weighted by molar-refractivity contribution is 0.202. The summed E-state index contributed by atoms with van der Waals surface area (Å²) in [4.78, 5) is 6.63. The molecule has 10 rings (SSSR count). The summed E-state index contributed by atoms with van der Waals surface area (Å²) in [5.41, 5.74) is 51.2. The first kappa shape index (κ1) is 66.8. The molecule has 0 saturated heterocycles. The number of aryl methyl sites for hydroxylation is 8. The van der Waals surface area contributed by atoms with Crippen LogP contribution in [0.3, 0.4) is 0 Å². The van der Waals surface area contributed by atoms with Gasteiger partial charge in [-0.05, 0) is 184 Å². The molecule has 18 nitrogen and oxygen atoms in total. The Hall–Kier alpha value is -8.32. The van der Waals surface area contributed by atoms with Gasteiger partial charge >= 0.3 is 0 Å². The number of aliphatic hydroxyl groups excluding tert-OH is 3. The Kier molecular flexibility index (Phi) is 23.4. The van der Waals surface area contributed by atoms with Crippen LogP contribution in [0.15, 0.2) is 60.7 Å². The van der Waals surface area contributed by atoms with Crippen molar-refractivity contribution in [2.45, 2.75) is 129 Å². The number of nitrogen functional groups attached to an aromatic ring is 5. The third-order valence-corrected chi connectivity index (χ3v) is 16.1. The van der Waals surface area contributed by atoms with Crippen molar-refractivity contribution in [3.05, 3.63) is 117 Å². The highest BCUT2D eigenvalue weighted by Gasteiger charge is 2.21. The van der Waals surface area contributed by atoms with Crippen molar-refractivity contribution in [1.29, 1.82) is 0 Å². The third-order valence-electron chi connectivity index (χ3n) is 16.1. The zero-order chi connectivity index (χ0) is 63.3. The summed E-state index contributed by atoms with van der Waals surface area (Å²) in [7, 11) is 2.07. The number of rotatable bonds is 18. The molecule has 86 heavy (non-hydrogen) atoms. The van der Waals surface area contributed by atoms with Crippen LogP contribution in [0, 0.1) is 48.5 Å². The van der Waals surface area contributed by atoms with Gasteiger partial charge in [-0.3, -0.25) is 0 Å². The largest absolute Gasteiger partial charge is 0.492 e. The van der Waals surface area contributed by atoms with Crippen LogP contribution in [0.5, 0.6) is 28.7 Å². The minimum atomic E-state index is 0.00451. The van der Waals surface area contributed by atoms with Gasteiger partial charge in [0.15, 0.2) is 0 Å². The van der Waals surface area contributed by atoms with Gasteiger partial charge in [0.25, 0.3) is 0 Å². The molecule has 5 aromatic heterocycles.